The Hall–Kier alpha value is -3.20. The number of nitrogens with zero attached hydrogens (tertiary/aromatic N) is 2. The Labute approximate surface area is 182 Å². The van der Waals surface area contributed by atoms with Crippen molar-refractivity contribution in [2.24, 2.45) is 0 Å². The van der Waals surface area contributed by atoms with Crippen molar-refractivity contribution in [3.05, 3.63) is 82.9 Å². The van der Waals surface area contributed by atoms with Crippen LogP contribution in [0.2, 0.25) is 0 Å². The van der Waals surface area contributed by atoms with E-state index in [-0.39, 0.29) is 17.1 Å². The van der Waals surface area contributed by atoms with Crippen LogP contribution in [-0.4, -0.2) is 28.9 Å². The van der Waals surface area contributed by atoms with Crippen LogP contribution in [0.4, 0.5) is 17.6 Å². The van der Waals surface area contributed by atoms with Gasteiger partial charge in [-0.05, 0) is 55.7 Å². The van der Waals surface area contributed by atoms with Gasteiger partial charge in [0, 0.05) is 13.2 Å². The first-order valence-electron chi connectivity index (χ1n) is 10.1. The van der Waals surface area contributed by atoms with Crippen molar-refractivity contribution >= 4 is 5.91 Å². The molecule has 0 atom stereocenters. The minimum Gasteiger partial charge on any atom is -0.381 e. The summed E-state index contributed by atoms with van der Waals surface area (Å²) in [5.74, 6) is -0.785. The van der Waals surface area contributed by atoms with Crippen molar-refractivity contribution < 1.29 is 27.1 Å². The van der Waals surface area contributed by atoms with Crippen molar-refractivity contribution in [2.45, 2.75) is 31.5 Å². The number of carbonyl (C=O) groups excluding carboxylic acids is 1. The van der Waals surface area contributed by atoms with Crippen LogP contribution >= 0.6 is 0 Å². The highest BCUT2D eigenvalue weighted by molar-refractivity contribution is 5.95. The second-order valence-corrected chi connectivity index (χ2v) is 7.76. The molecule has 0 unspecified atom stereocenters. The van der Waals surface area contributed by atoms with Crippen molar-refractivity contribution in [3.8, 4) is 5.69 Å². The molecule has 9 heteroatoms. The van der Waals surface area contributed by atoms with Crippen LogP contribution in [-0.2, 0) is 16.5 Å². The Morgan fingerprint density at radius 2 is 1.81 bits per heavy atom. The molecule has 3 aromatic rings. The fourth-order valence-corrected chi connectivity index (χ4v) is 3.97. The summed E-state index contributed by atoms with van der Waals surface area (Å²) in [6.07, 6.45) is -2.14. The average Bonchev–Trinajstić information content (AvgIpc) is 3.16. The minimum absolute atomic E-state index is 0.204. The SMILES string of the molecule is Cc1c(C(=O)NC2(c3ccc(F)cc3)CCOCC2)cnn1-c1cccc(C(F)(F)F)c1. The van der Waals surface area contributed by atoms with Gasteiger partial charge >= 0.3 is 6.18 Å². The lowest BCUT2D eigenvalue weighted by Crippen LogP contribution is -2.49. The van der Waals surface area contributed by atoms with Gasteiger partial charge in [0.2, 0.25) is 0 Å². The molecule has 5 nitrogen and oxygen atoms in total. The number of ether oxygens (including phenoxy) is 1. The molecule has 1 aromatic heterocycles. The molecule has 0 aliphatic carbocycles. The first-order valence-corrected chi connectivity index (χ1v) is 10.1. The summed E-state index contributed by atoms with van der Waals surface area (Å²) in [6.45, 7) is 2.48. The Kier molecular flexibility index (Phi) is 5.77. The molecule has 1 aliphatic rings. The predicted molar refractivity (Wildman–Crippen MR) is 109 cm³/mol. The van der Waals surface area contributed by atoms with E-state index in [0.717, 1.165) is 17.7 Å². The van der Waals surface area contributed by atoms with E-state index in [0.29, 0.717) is 31.7 Å². The zero-order valence-electron chi connectivity index (χ0n) is 17.2. The lowest BCUT2D eigenvalue weighted by Gasteiger charge is -2.38. The van der Waals surface area contributed by atoms with Crippen LogP contribution in [0.15, 0.2) is 54.7 Å². The standard InChI is InChI=1S/C23H21F4N3O2/c1-15-20(14-28-30(15)19-4-2-3-17(13-19)23(25,26)27)21(31)29-22(9-11-32-12-10-22)16-5-7-18(24)8-6-16/h2-8,13-14H,9-12H2,1H3,(H,29,31). The molecule has 1 fully saturated rings. The highest BCUT2D eigenvalue weighted by Crippen LogP contribution is 2.33. The monoisotopic (exact) mass is 447 g/mol. The van der Waals surface area contributed by atoms with Gasteiger partial charge in [0.15, 0.2) is 0 Å². The molecule has 0 bridgehead atoms. The number of aromatic nitrogens is 2. The van der Waals surface area contributed by atoms with Crippen LogP contribution in [0.1, 0.15) is 40.0 Å². The molecule has 0 saturated carbocycles. The molecule has 168 valence electrons. The van der Waals surface area contributed by atoms with E-state index >= 15 is 0 Å². The predicted octanol–water partition coefficient (Wildman–Crippen LogP) is 4.77. The molecular weight excluding hydrogens is 426 g/mol. The molecule has 32 heavy (non-hydrogen) atoms. The lowest BCUT2D eigenvalue weighted by atomic mass is 9.82. The molecule has 1 aliphatic heterocycles. The van der Waals surface area contributed by atoms with Gasteiger partial charge in [-0.25, -0.2) is 9.07 Å². The van der Waals surface area contributed by atoms with Crippen LogP contribution in [0.25, 0.3) is 5.69 Å². The van der Waals surface area contributed by atoms with Gasteiger partial charge in [-0.2, -0.15) is 18.3 Å². The van der Waals surface area contributed by atoms with E-state index in [1.54, 1.807) is 19.1 Å². The van der Waals surface area contributed by atoms with Crippen molar-refractivity contribution in [1.82, 2.24) is 15.1 Å². The Morgan fingerprint density at radius 1 is 1.12 bits per heavy atom. The van der Waals surface area contributed by atoms with E-state index in [1.165, 1.54) is 35.1 Å². The highest BCUT2D eigenvalue weighted by atomic mass is 19.4. The average molecular weight is 447 g/mol. The summed E-state index contributed by atoms with van der Waals surface area (Å²) in [7, 11) is 0. The molecule has 0 spiro atoms. The topological polar surface area (TPSA) is 56.1 Å². The summed E-state index contributed by atoms with van der Waals surface area (Å²) < 4.78 is 59.4. The largest absolute Gasteiger partial charge is 0.416 e. The highest BCUT2D eigenvalue weighted by Gasteiger charge is 2.37. The zero-order chi connectivity index (χ0) is 22.9. The third kappa shape index (κ3) is 4.25. The zero-order valence-corrected chi connectivity index (χ0v) is 17.2. The number of benzene rings is 2. The fraction of sp³-hybridized carbons (Fsp3) is 0.304. The van der Waals surface area contributed by atoms with Crippen molar-refractivity contribution in [1.29, 1.82) is 0 Å². The number of nitrogens with one attached hydrogen (secondary N) is 1. The van der Waals surface area contributed by atoms with E-state index in [9.17, 15) is 22.4 Å². The van der Waals surface area contributed by atoms with Crippen LogP contribution in [0, 0.1) is 12.7 Å². The normalized spacial score (nSPS) is 16.0. The molecule has 2 heterocycles. The van der Waals surface area contributed by atoms with E-state index < -0.39 is 23.2 Å². The number of hydrogen-bond acceptors (Lipinski definition) is 3. The third-order valence-corrected chi connectivity index (χ3v) is 5.77. The Balaban J connectivity index is 1.64. The van der Waals surface area contributed by atoms with Gasteiger partial charge in [-0.1, -0.05) is 18.2 Å². The first-order chi connectivity index (χ1) is 15.2. The molecule has 0 radical (unpaired) electrons. The fourth-order valence-electron chi connectivity index (χ4n) is 3.97. The molecule has 1 amide bonds. The van der Waals surface area contributed by atoms with Crippen LogP contribution < -0.4 is 5.32 Å². The van der Waals surface area contributed by atoms with Crippen molar-refractivity contribution in [2.75, 3.05) is 13.2 Å². The summed E-state index contributed by atoms with van der Waals surface area (Å²) in [6, 6.07) is 10.7. The number of alkyl halides is 3. The van der Waals surface area contributed by atoms with Gasteiger partial charge < -0.3 is 10.1 Å². The van der Waals surface area contributed by atoms with Gasteiger partial charge in [0.25, 0.3) is 5.91 Å². The second-order valence-electron chi connectivity index (χ2n) is 7.76. The lowest BCUT2D eigenvalue weighted by molar-refractivity contribution is -0.137. The van der Waals surface area contributed by atoms with Crippen LogP contribution in [0.5, 0.6) is 0 Å². The molecule has 4 rings (SSSR count). The van der Waals surface area contributed by atoms with Crippen LogP contribution in [0.3, 0.4) is 0 Å². The van der Waals surface area contributed by atoms with Gasteiger partial charge in [0.1, 0.15) is 5.82 Å². The maximum absolute atomic E-state index is 13.4. The Bertz CT molecular complexity index is 1120. The first kappa shape index (κ1) is 22.0. The van der Waals surface area contributed by atoms with E-state index in [1.807, 2.05) is 0 Å². The summed E-state index contributed by atoms with van der Waals surface area (Å²) in [5, 5.41) is 7.20. The van der Waals surface area contributed by atoms with E-state index in [4.69, 9.17) is 4.74 Å². The third-order valence-electron chi connectivity index (χ3n) is 5.77. The van der Waals surface area contributed by atoms with Gasteiger partial charge in [-0.15, -0.1) is 0 Å². The molecule has 1 N–H and O–H groups in total. The molecule has 2 aromatic carbocycles. The van der Waals surface area contributed by atoms with Crippen molar-refractivity contribution in [3.63, 3.8) is 0 Å². The summed E-state index contributed by atoms with van der Waals surface area (Å²) >= 11 is 0. The number of hydrogen-bond donors (Lipinski definition) is 1. The van der Waals surface area contributed by atoms with Gasteiger partial charge in [0.05, 0.1) is 34.2 Å². The maximum Gasteiger partial charge on any atom is 0.416 e. The van der Waals surface area contributed by atoms with Gasteiger partial charge in [-0.3, -0.25) is 4.79 Å². The smallest absolute Gasteiger partial charge is 0.381 e. The molecular formula is C23H21F4N3O2. The quantitative estimate of drug-likeness (QED) is 0.586. The number of rotatable bonds is 4. The number of halogens is 4. The maximum atomic E-state index is 13.4. The number of carbonyl (C=O) groups is 1. The molecule has 1 saturated heterocycles. The Morgan fingerprint density at radius 3 is 2.47 bits per heavy atom. The minimum atomic E-state index is -4.48. The second kappa shape index (κ2) is 8.38. The summed E-state index contributed by atoms with van der Waals surface area (Å²) in [5.41, 5.74) is 0.0781. The van der Waals surface area contributed by atoms with E-state index in [2.05, 4.69) is 10.4 Å². The number of amides is 1. The summed E-state index contributed by atoms with van der Waals surface area (Å²) in [4.78, 5) is 13.2.